The Labute approximate surface area is 109 Å². The minimum atomic E-state index is -0.524. The van der Waals surface area contributed by atoms with E-state index < -0.39 is 11.2 Å². The van der Waals surface area contributed by atoms with Crippen LogP contribution in [0.5, 0.6) is 0 Å². The highest BCUT2D eigenvalue weighted by Crippen LogP contribution is 2.12. The number of anilines is 2. The molecule has 0 aliphatic rings. The van der Waals surface area contributed by atoms with Gasteiger partial charge >= 0.3 is 5.69 Å². The molecular formula is C13H16N4O2. The Morgan fingerprint density at radius 2 is 2.00 bits per heavy atom. The summed E-state index contributed by atoms with van der Waals surface area (Å²) in [4.78, 5) is 25.3. The second kappa shape index (κ2) is 5.01. The highest BCUT2D eigenvalue weighted by atomic mass is 16.2. The van der Waals surface area contributed by atoms with Gasteiger partial charge in [-0.2, -0.15) is 0 Å². The van der Waals surface area contributed by atoms with Gasteiger partial charge in [0.05, 0.1) is 0 Å². The topological polar surface area (TPSA) is 92.9 Å². The van der Waals surface area contributed by atoms with E-state index in [0.717, 1.165) is 11.1 Å². The van der Waals surface area contributed by atoms with Crippen molar-refractivity contribution in [1.82, 2.24) is 9.55 Å². The van der Waals surface area contributed by atoms with Gasteiger partial charge in [0.1, 0.15) is 11.5 Å². The van der Waals surface area contributed by atoms with Gasteiger partial charge < -0.3 is 11.1 Å². The van der Waals surface area contributed by atoms with Crippen LogP contribution >= 0.6 is 0 Å². The monoisotopic (exact) mass is 260 g/mol. The van der Waals surface area contributed by atoms with Crippen LogP contribution in [0.15, 0.2) is 33.9 Å². The number of benzene rings is 1. The fourth-order valence-electron chi connectivity index (χ4n) is 1.80. The molecule has 6 nitrogen and oxygen atoms in total. The molecule has 1 heterocycles. The average Bonchev–Trinajstić information content (AvgIpc) is 2.38. The van der Waals surface area contributed by atoms with Gasteiger partial charge in [0.15, 0.2) is 0 Å². The van der Waals surface area contributed by atoms with E-state index in [1.807, 2.05) is 31.2 Å². The summed E-state index contributed by atoms with van der Waals surface area (Å²) >= 11 is 0. The Kier molecular flexibility index (Phi) is 3.41. The van der Waals surface area contributed by atoms with Crippen LogP contribution in [0, 0.1) is 6.92 Å². The zero-order valence-electron chi connectivity index (χ0n) is 10.9. The Bertz CT molecular complexity index is 715. The normalized spacial score (nSPS) is 10.4. The van der Waals surface area contributed by atoms with Gasteiger partial charge in [0, 0.05) is 13.6 Å². The maximum Gasteiger partial charge on any atom is 0.329 e. The van der Waals surface area contributed by atoms with Gasteiger partial charge in [0.25, 0.3) is 5.56 Å². The molecule has 6 heteroatoms. The van der Waals surface area contributed by atoms with Gasteiger partial charge in [-0.05, 0) is 18.1 Å². The molecule has 2 aromatic rings. The molecule has 0 amide bonds. The first-order valence-electron chi connectivity index (χ1n) is 5.88. The first-order valence-corrected chi connectivity index (χ1v) is 5.88. The molecule has 0 spiro atoms. The average molecular weight is 260 g/mol. The van der Waals surface area contributed by atoms with Gasteiger partial charge in [-0.3, -0.25) is 14.3 Å². The molecule has 2 rings (SSSR count). The zero-order valence-corrected chi connectivity index (χ0v) is 10.9. The molecule has 0 bridgehead atoms. The van der Waals surface area contributed by atoms with Crippen molar-refractivity contribution in [2.75, 3.05) is 11.1 Å². The number of hydrogen-bond acceptors (Lipinski definition) is 4. The van der Waals surface area contributed by atoms with Crippen molar-refractivity contribution in [3.8, 4) is 0 Å². The second-order valence-electron chi connectivity index (χ2n) is 4.36. The van der Waals surface area contributed by atoms with Crippen molar-refractivity contribution in [1.29, 1.82) is 0 Å². The van der Waals surface area contributed by atoms with Crippen molar-refractivity contribution in [2.45, 2.75) is 13.5 Å². The Morgan fingerprint density at radius 1 is 1.32 bits per heavy atom. The summed E-state index contributed by atoms with van der Waals surface area (Å²) in [6, 6.07) is 7.84. The minimum Gasteiger partial charge on any atom is -0.383 e. The van der Waals surface area contributed by atoms with Crippen LogP contribution in [0.2, 0.25) is 0 Å². The van der Waals surface area contributed by atoms with E-state index in [4.69, 9.17) is 5.73 Å². The summed E-state index contributed by atoms with van der Waals surface area (Å²) in [5.74, 6) is 0.127. The zero-order chi connectivity index (χ0) is 14.0. The van der Waals surface area contributed by atoms with Gasteiger partial charge in [-0.1, -0.05) is 24.3 Å². The van der Waals surface area contributed by atoms with Crippen molar-refractivity contribution in [3.05, 3.63) is 56.2 Å². The number of H-pyrrole nitrogens is 1. The fraction of sp³-hybridized carbons (Fsp3) is 0.231. The molecule has 4 N–H and O–H groups in total. The van der Waals surface area contributed by atoms with Gasteiger partial charge in [-0.15, -0.1) is 0 Å². The molecule has 0 aliphatic carbocycles. The van der Waals surface area contributed by atoms with Crippen LogP contribution in [0.3, 0.4) is 0 Å². The molecule has 0 aliphatic heterocycles. The molecule has 0 atom stereocenters. The lowest BCUT2D eigenvalue weighted by Gasteiger charge is -2.11. The van der Waals surface area contributed by atoms with Crippen molar-refractivity contribution < 1.29 is 0 Å². The smallest absolute Gasteiger partial charge is 0.329 e. The molecule has 0 radical (unpaired) electrons. The molecule has 1 aromatic heterocycles. The lowest BCUT2D eigenvalue weighted by atomic mass is 10.1. The number of aromatic amines is 1. The number of aromatic nitrogens is 2. The summed E-state index contributed by atoms with van der Waals surface area (Å²) in [5, 5.41) is 2.98. The number of rotatable bonds is 3. The van der Waals surface area contributed by atoms with Gasteiger partial charge in [0.2, 0.25) is 0 Å². The van der Waals surface area contributed by atoms with E-state index in [9.17, 15) is 9.59 Å². The third kappa shape index (κ3) is 2.52. The fourth-order valence-corrected chi connectivity index (χ4v) is 1.80. The van der Waals surface area contributed by atoms with E-state index in [0.29, 0.717) is 6.54 Å². The number of hydrogen-bond donors (Lipinski definition) is 3. The van der Waals surface area contributed by atoms with Crippen molar-refractivity contribution >= 4 is 11.5 Å². The SMILES string of the molecule is Cc1ccccc1CNc1c(N)n(C)c(=O)[nH]c1=O. The molecule has 19 heavy (non-hydrogen) atoms. The van der Waals surface area contributed by atoms with Gasteiger partial charge in [-0.25, -0.2) is 4.79 Å². The summed E-state index contributed by atoms with van der Waals surface area (Å²) in [6.07, 6.45) is 0. The number of aryl methyl sites for hydroxylation is 1. The number of nitrogens with two attached hydrogens (primary N) is 1. The summed E-state index contributed by atoms with van der Waals surface area (Å²) in [7, 11) is 1.51. The van der Waals surface area contributed by atoms with Crippen LogP contribution in [0.1, 0.15) is 11.1 Å². The Balaban J connectivity index is 2.31. The first kappa shape index (κ1) is 12.9. The Morgan fingerprint density at radius 3 is 2.68 bits per heavy atom. The predicted molar refractivity (Wildman–Crippen MR) is 75.2 cm³/mol. The summed E-state index contributed by atoms with van der Waals surface area (Å²) < 4.78 is 1.20. The molecule has 0 fully saturated rings. The summed E-state index contributed by atoms with van der Waals surface area (Å²) in [6.45, 7) is 2.46. The van der Waals surface area contributed by atoms with Crippen LogP contribution in [-0.2, 0) is 13.6 Å². The van der Waals surface area contributed by atoms with Crippen LogP contribution < -0.4 is 22.3 Å². The number of nitrogen functional groups attached to an aromatic ring is 1. The molecule has 100 valence electrons. The van der Waals surface area contributed by atoms with E-state index in [-0.39, 0.29) is 11.5 Å². The third-order valence-electron chi connectivity index (χ3n) is 3.09. The van der Waals surface area contributed by atoms with E-state index >= 15 is 0 Å². The first-order chi connectivity index (χ1) is 9.00. The summed E-state index contributed by atoms with van der Waals surface area (Å²) in [5.41, 5.74) is 7.14. The van der Waals surface area contributed by atoms with Crippen LogP contribution in [0.4, 0.5) is 11.5 Å². The van der Waals surface area contributed by atoms with Crippen molar-refractivity contribution in [2.24, 2.45) is 7.05 Å². The van der Waals surface area contributed by atoms with E-state index in [1.54, 1.807) is 0 Å². The quantitative estimate of drug-likeness (QED) is 0.752. The van der Waals surface area contributed by atoms with E-state index in [1.165, 1.54) is 11.6 Å². The maximum absolute atomic E-state index is 11.7. The largest absolute Gasteiger partial charge is 0.383 e. The Hall–Kier alpha value is -2.50. The minimum absolute atomic E-state index is 0.127. The lowest BCUT2D eigenvalue weighted by Crippen LogP contribution is -2.32. The highest BCUT2D eigenvalue weighted by molar-refractivity contribution is 5.60. The predicted octanol–water partition coefficient (Wildman–Crippen LogP) is 0.576. The maximum atomic E-state index is 11.7. The highest BCUT2D eigenvalue weighted by Gasteiger charge is 2.09. The van der Waals surface area contributed by atoms with Crippen LogP contribution in [0.25, 0.3) is 0 Å². The number of nitrogens with zero attached hydrogens (tertiary/aromatic N) is 1. The van der Waals surface area contributed by atoms with E-state index in [2.05, 4.69) is 10.3 Å². The molecule has 0 saturated carbocycles. The molecule has 0 saturated heterocycles. The van der Waals surface area contributed by atoms with Crippen molar-refractivity contribution in [3.63, 3.8) is 0 Å². The standard InChI is InChI=1S/C13H16N4O2/c1-8-5-3-4-6-9(8)7-15-10-11(14)17(2)13(19)16-12(10)18/h3-6,15H,7,14H2,1-2H3,(H,16,18,19). The second-order valence-corrected chi connectivity index (χ2v) is 4.36. The lowest BCUT2D eigenvalue weighted by molar-refractivity contribution is 0.812. The number of nitrogens with one attached hydrogen (secondary N) is 2. The molecular weight excluding hydrogens is 244 g/mol. The van der Waals surface area contributed by atoms with Crippen LogP contribution in [-0.4, -0.2) is 9.55 Å². The molecule has 1 aromatic carbocycles. The molecule has 0 unspecified atom stereocenters. The third-order valence-corrected chi connectivity index (χ3v) is 3.09.